The first-order chi connectivity index (χ1) is 16.4. The number of carbonyl (C=O) groups excluding carboxylic acids is 2. The molecule has 2 aliphatic rings. The van der Waals surface area contributed by atoms with Crippen molar-refractivity contribution in [3.63, 3.8) is 0 Å². The van der Waals surface area contributed by atoms with E-state index >= 15 is 0 Å². The molecule has 35 heavy (non-hydrogen) atoms. The maximum absolute atomic E-state index is 11.9. The molecule has 2 aliphatic heterocycles. The predicted octanol–water partition coefficient (Wildman–Crippen LogP) is 4.96. The summed E-state index contributed by atoms with van der Waals surface area (Å²) in [7, 11) is 0. The van der Waals surface area contributed by atoms with Crippen molar-refractivity contribution >= 4 is 70.6 Å². The molecule has 2 heterocycles. The molecule has 6 nitrogen and oxygen atoms in total. The van der Waals surface area contributed by atoms with E-state index in [9.17, 15) is 9.59 Å². The fourth-order valence-corrected chi connectivity index (χ4v) is 4.49. The first-order valence-electron chi connectivity index (χ1n) is 11.0. The Bertz CT molecular complexity index is 1000. The molecule has 0 atom stereocenters. The summed E-state index contributed by atoms with van der Waals surface area (Å²) in [5.74, 6) is -0.736. The Kier molecular flexibility index (Phi) is 12.4. The number of likely N-dealkylation sites (tertiary alicyclic amines) is 2. The molecule has 2 fully saturated rings. The van der Waals surface area contributed by atoms with E-state index in [1.165, 1.54) is 0 Å². The van der Waals surface area contributed by atoms with Crippen LogP contribution in [0.15, 0.2) is 58.5 Å². The Hall–Kier alpha value is -1.77. The molecule has 2 aromatic rings. The Labute approximate surface area is 236 Å². The zero-order valence-corrected chi connectivity index (χ0v) is 22.9. The fraction of sp³-hybridized carbons (Fsp3) is 0.333. The smallest absolute Gasteiger partial charge is 0.742 e. The number of aliphatic imine (C=N–C) groups is 2. The number of hydrogen-bond acceptors (Lipinski definition) is 4. The Balaban J connectivity index is 0.000000240. The van der Waals surface area contributed by atoms with Gasteiger partial charge in [-0.3, -0.25) is 9.59 Å². The number of amidine groups is 2. The quantitative estimate of drug-likeness (QED) is 0.212. The van der Waals surface area contributed by atoms with Crippen LogP contribution in [0.5, 0.6) is 0 Å². The Morgan fingerprint density at radius 3 is 1.29 bits per heavy atom. The van der Waals surface area contributed by atoms with Gasteiger partial charge in [0.1, 0.15) is 0 Å². The average Bonchev–Trinajstić information content (AvgIpc) is 3.54. The predicted molar refractivity (Wildman–Crippen MR) is 143 cm³/mol. The summed E-state index contributed by atoms with van der Waals surface area (Å²) in [6.45, 7) is 3.55. The van der Waals surface area contributed by atoms with Gasteiger partial charge in [-0.1, -0.05) is 47.5 Å². The molecule has 11 heteroatoms. The summed E-state index contributed by atoms with van der Waals surface area (Å²) < 4.78 is 0. The van der Waals surface area contributed by atoms with Crippen LogP contribution in [0, 0.1) is 0 Å². The molecule has 0 unspecified atom stereocenters. The topological polar surface area (TPSA) is 65.3 Å². The molecule has 0 aromatic heterocycles. The number of nitrogens with zero attached hydrogens (tertiary/aromatic N) is 4. The van der Waals surface area contributed by atoms with Crippen LogP contribution in [-0.2, 0) is 41.7 Å². The second-order valence-corrected chi connectivity index (χ2v) is 9.29. The summed E-state index contributed by atoms with van der Waals surface area (Å²) in [5.41, 5.74) is 0.798. The second-order valence-electron chi connectivity index (χ2n) is 7.75. The first kappa shape index (κ1) is 29.5. The monoisotopic (exact) mass is 592 g/mol. The summed E-state index contributed by atoms with van der Waals surface area (Å²) in [5, 5.41) is 1.55. The van der Waals surface area contributed by atoms with Gasteiger partial charge >= 0.3 is 16.5 Å². The number of amides is 2. The summed E-state index contributed by atoms with van der Waals surface area (Å²) in [4.78, 5) is 35.5. The molecule has 0 radical (unpaired) electrons. The molecule has 4 rings (SSSR count). The molecule has 0 saturated carbocycles. The van der Waals surface area contributed by atoms with E-state index in [-0.39, 0.29) is 28.3 Å². The number of benzene rings is 2. The third kappa shape index (κ3) is 8.69. The van der Waals surface area contributed by atoms with Crippen LogP contribution in [0.2, 0.25) is 10.0 Å². The maximum Gasteiger partial charge on any atom is 2.00 e. The van der Waals surface area contributed by atoms with Gasteiger partial charge in [0.2, 0.25) is 0 Å². The van der Waals surface area contributed by atoms with E-state index in [4.69, 9.17) is 48.5 Å². The molecule has 0 N–H and O–H groups in total. The van der Waals surface area contributed by atoms with Crippen molar-refractivity contribution in [1.29, 1.82) is 0 Å². The van der Waals surface area contributed by atoms with Crippen molar-refractivity contribution in [3.8, 4) is 0 Å². The minimum atomic E-state index is -0.368. The van der Waals surface area contributed by atoms with Crippen LogP contribution in [0.4, 0.5) is 0 Å². The van der Waals surface area contributed by atoms with Crippen molar-refractivity contribution in [2.45, 2.75) is 25.7 Å². The molecule has 0 bridgehead atoms. The van der Waals surface area contributed by atoms with Crippen LogP contribution in [0.1, 0.15) is 46.4 Å². The van der Waals surface area contributed by atoms with E-state index in [0.29, 0.717) is 31.5 Å². The minimum Gasteiger partial charge on any atom is -0.742 e. The van der Waals surface area contributed by atoms with Gasteiger partial charge in [-0.2, -0.15) is 0 Å². The van der Waals surface area contributed by atoms with Crippen molar-refractivity contribution in [2.24, 2.45) is 9.98 Å². The first-order valence-corrected chi connectivity index (χ1v) is 12.5. The van der Waals surface area contributed by atoms with Gasteiger partial charge in [0, 0.05) is 26.2 Å². The average molecular weight is 594 g/mol. The molecular weight excluding hydrogens is 570 g/mol. The largest absolute Gasteiger partial charge is 2.00 e. The van der Waals surface area contributed by atoms with E-state index in [0.717, 1.165) is 51.9 Å². The zero-order valence-electron chi connectivity index (χ0n) is 18.8. The van der Waals surface area contributed by atoms with Crippen molar-refractivity contribution < 1.29 is 26.1 Å². The van der Waals surface area contributed by atoms with Gasteiger partial charge in [0.15, 0.2) is 0 Å². The maximum atomic E-state index is 11.9. The molecular formula is C24H24Cl2N4NiO2S2. The third-order valence-corrected chi connectivity index (χ3v) is 6.71. The number of carbonyl (C=O) groups is 2. The van der Waals surface area contributed by atoms with Gasteiger partial charge in [0.05, 0.1) is 21.2 Å². The van der Waals surface area contributed by atoms with Crippen molar-refractivity contribution in [3.05, 3.63) is 69.7 Å². The number of halogens is 2. The Morgan fingerprint density at radius 1 is 0.657 bits per heavy atom. The summed E-state index contributed by atoms with van der Waals surface area (Å²) in [6, 6.07) is 13.7. The molecule has 188 valence electrons. The van der Waals surface area contributed by atoms with Gasteiger partial charge < -0.3 is 35.1 Å². The van der Waals surface area contributed by atoms with Crippen LogP contribution < -0.4 is 0 Å². The van der Waals surface area contributed by atoms with E-state index in [2.05, 4.69) is 9.98 Å². The standard InChI is InChI=1S/2C12H13ClN2OS.Ni/c2*13-10-6-2-1-5-9(10)11(16)14-12(17)15-7-3-4-8-15;/h2*1-2,5-6H,3-4,7-8H2,(H,14,16,17);/q;;+2/p-2. The molecule has 2 saturated heterocycles. The third-order valence-electron chi connectivity index (χ3n) is 5.36. The van der Waals surface area contributed by atoms with Gasteiger partial charge in [-0.05, 0) is 60.3 Å². The van der Waals surface area contributed by atoms with Crippen molar-refractivity contribution in [1.82, 2.24) is 9.80 Å². The SMILES string of the molecule is O=C(N=C([S-])N1CCCC1)c1ccccc1Cl.O=C(N=C([S-])N1CCCC1)c1ccccc1Cl.[Ni+2]. The summed E-state index contributed by atoms with van der Waals surface area (Å²) in [6.07, 6.45) is 4.43. The van der Waals surface area contributed by atoms with Crippen LogP contribution in [0.25, 0.3) is 0 Å². The normalized spacial score (nSPS) is 15.8. The molecule has 2 amide bonds. The van der Waals surface area contributed by atoms with E-state index < -0.39 is 0 Å². The number of hydrogen-bond donors (Lipinski definition) is 0. The van der Waals surface area contributed by atoms with Crippen LogP contribution >= 0.6 is 23.2 Å². The van der Waals surface area contributed by atoms with Gasteiger partial charge in [-0.25, -0.2) is 9.98 Å². The second kappa shape index (κ2) is 14.7. The zero-order chi connectivity index (χ0) is 24.5. The summed E-state index contributed by atoms with van der Waals surface area (Å²) >= 11 is 22.1. The van der Waals surface area contributed by atoms with E-state index in [1.807, 2.05) is 9.80 Å². The number of rotatable bonds is 2. The van der Waals surface area contributed by atoms with Crippen molar-refractivity contribution in [2.75, 3.05) is 26.2 Å². The van der Waals surface area contributed by atoms with Crippen LogP contribution in [0.3, 0.4) is 0 Å². The van der Waals surface area contributed by atoms with E-state index in [1.54, 1.807) is 48.5 Å². The Morgan fingerprint density at radius 2 is 0.971 bits per heavy atom. The molecule has 2 aromatic carbocycles. The van der Waals surface area contributed by atoms with Crippen LogP contribution in [-0.4, -0.2) is 58.1 Å². The molecule has 0 spiro atoms. The van der Waals surface area contributed by atoms with Gasteiger partial charge in [-0.15, -0.1) is 0 Å². The minimum absolute atomic E-state index is 0. The van der Waals surface area contributed by atoms with Gasteiger partial charge in [0.25, 0.3) is 11.8 Å². The molecule has 0 aliphatic carbocycles. The fourth-order valence-electron chi connectivity index (χ4n) is 3.52.